The molecule has 128 valence electrons. The average molecular weight is 345 g/mol. The molecule has 2 saturated heterocycles. The van der Waals surface area contributed by atoms with Crippen molar-refractivity contribution in [2.45, 2.75) is 31.9 Å². The number of aliphatic hydroxyl groups excluding tert-OH is 1. The van der Waals surface area contributed by atoms with Crippen molar-refractivity contribution in [2.24, 2.45) is 5.41 Å². The summed E-state index contributed by atoms with van der Waals surface area (Å²) in [5.74, 6) is 0.219. The Morgan fingerprint density at radius 1 is 1.38 bits per heavy atom. The van der Waals surface area contributed by atoms with Crippen LogP contribution in [-0.4, -0.2) is 58.6 Å². The number of hydrogen-bond donors (Lipinski definition) is 1. The molecule has 1 atom stereocenters. The zero-order valence-electron chi connectivity index (χ0n) is 13.9. The summed E-state index contributed by atoms with van der Waals surface area (Å²) in [6, 6.07) is 6.30. The maximum absolute atomic E-state index is 12.6. The highest BCUT2D eigenvalue weighted by Crippen LogP contribution is 2.41. The topological polar surface area (TPSA) is 56.7 Å². The summed E-state index contributed by atoms with van der Waals surface area (Å²) in [6.07, 6.45) is 1.91. The van der Waals surface area contributed by atoms with Gasteiger partial charge in [0.25, 0.3) is 0 Å². The van der Waals surface area contributed by atoms with Gasteiger partial charge in [0.05, 0.1) is 27.2 Å². The van der Waals surface area contributed by atoms with Crippen molar-refractivity contribution >= 4 is 27.5 Å². The second-order valence-electron chi connectivity index (χ2n) is 7.22. The molecule has 1 aromatic heterocycles. The molecule has 6 heteroatoms. The number of benzene rings is 1. The van der Waals surface area contributed by atoms with Gasteiger partial charge in [0.15, 0.2) is 0 Å². The van der Waals surface area contributed by atoms with Crippen LogP contribution >= 0.6 is 11.3 Å². The third-order valence-electron chi connectivity index (χ3n) is 5.56. The predicted molar refractivity (Wildman–Crippen MR) is 94.8 cm³/mol. The summed E-state index contributed by atoms with van der Waals surface area (Å²) in [5, 5.41) is 10.1. The maximum Gasteiger partial charge on any atom is 0.228 e. The average Bonchev–Trinajstić information content (AvgIpc) is 3.04. The molecular weight excluding hydrogens is 322 g/mol. The van der Waals surface area contributed by atoms with E-state index in [-0.39, 0.29) is 17.4 Å². The van der Waals surface area contributed by atoms with E-state index in [1.807, 2.05) is 12.6 Å². The predicted octanol–water partition coefficient (Wildman–Crippen LogP) is 2.10. The molecule has 4 rings (SSSR count). The maximum atomic E-state index is 12.6. The first-order valence-electron chi connectivity index (χ1n) is 8.54. The normalized spacial score (nSPS) is 24.8. The molecule has 0 radical (unpaired) electrons. The Bertz CT molecular complexity index is 752. The number of nitrogens with zero attached hydrogens (tertiary/aromatic N) is 3. The first-order valence-corrected chi connectivity index (χ1v) is 9.42. The van der Waals surface area contributed by atoms with Gasteiger partial charge in [-0.1, -0.05) is 12.1 Å². The molecule has 1 unspecified atom stereocenters. The molecule has 0 saturated carbocycles. The van der Waals surface area contributed by atoms with Crippen LogP contribution in [0.5, 0.6) is 0 Å². The van der Waals surface area contributed by atoms with Crippen LogP contribution < -0.4 is 0 Å². The number of thiazole rings is 1. The molecule has 2 fully saturated rings. The van der Waals surface area contributed by atoms with Crippen molar-refractivity contribution in [3.63, 3.8) is 0 Å². The van der Waals surface area contributed by atoms with E-state index in [1.54, 1.807) is 16.2 Å². The largest absolute Gasteiger partial charge is 0.391 e. The fraction of sp³-hybridized carbons (Fsp3) is 0.556. The van der Waals surface area contributed by atoms with E-state index in [4.69, 9.17) is 0 Å². The van der Waals surface area contributed by atoms with Crippen LogP contribution in [0.25, 0.3) is 10.2 Å². The number of carbonyl (C=O) groups is 1. The number of aliphatic hydroxyl groups is 1. The lowest BCUT2D eigenvalue weighted by Crippen LogP contribution is -2.56. The monoisotopic (exact) mass is 345 g/mol. The van der Waals surface area contributed by atoms with Gasteiger partial charge in [-0.05, 0) is 44.0 Å². The van der Waals surface area contributed by atoms with Gasteiger partial charge in [0.2, 0.25) is 5.91 Å². The summed E-state index contributed by atoms with van der Waals surface area (Å²) in [5.41, 5.74) is 3.94. The number of likely N-dealkylation sites (N-methyl/N-ethyl adjacent to an activating group) is 1. The van der Waals surface area contributed by atoms with Crippen LogP contribution in [0, 0.1) is 5.41 Å². The molecule has 1 aromatic carbocycles. The zero-order chi connectivity index (χ0) is 16.7. The van der Waals surface area contributed by atoms with Crippen LogP contribution in [0.1, 0.15) is 24.8 Å². The number of likely N-dealkylation sites (tertiary alicyclic amines) is 2. The van der Waals surface area contributed by atoms with Crippen LogP contribution in [-0.2, 0) is 11.3 Å². The van der Waals surface area contributed by atoms with Gasteiger partial charge in [-0.15, -0.1) is 11.3 Å². The van der Waals surface area contributed by atoms with E-state index in [9.17, 15) is 9.90 Å². The SMILES string of the molecule is CN1CC(O)CC2(CCN(Cc3cccc4ncsc34)CC2)C1=O. The summed E-state index contributed by atoms with van der Waals surface area (Å²) >= 11 is 1.69. The third kappa shape index (κ3) is 2.72. The summed E-state index contributed by atoms with van der Waals surface area (Å²) < 4.78 is 1.27. The van der Waals surface area contributed by atoms with Gasteiger partial charge in [0.1, 0.15) is 0 Å². The molecule has 0 aliphatic carbocycles. The smallest absolute Gasteiger partial charge is 0.228 e. The highest BCUT2D eigenvalue weighted by atomic mass is 32.1. The number of aromatic nitrogens is 1. The molecule has 3 heterocycles. The number of carbonyl (C=O) groups excluding carboxylic acids is 1. The molecule has 2 aliphatic heterocycles. The Hall–Kier alpha value is -1.50. The van der Waals surface area contributed by atoms with E-state index >= 15 is 0 Å². The highest BCUT2D eigenvalue weighted by molar-refractivity contribution is 7.16. The fourth-order valence-corrected chi connectivity index (χ4v) is 5.07. The molecule has 0 bridgehead atoms. The van der Waals surface area contributed by atoms with E-state index in [2.05, 4.69) is 28.1 Å². The first kappa shape index (κ1) is 16.0. The van der Waals surface area contributed by atoms with Crippen molar-refractivity contribution < 1.29 is 9.90 Å². The highest BCUT2D eigenvalue weighted by Gasteiger charge is 2.47. The van der Waals surface area contributed by atoms with Crippen LogP contribution in [0.3, 0.4) is 0 Å². The third-order valence-corrected chi connectivity index (χ3v) is 6.47. The second-order valence-corrected chi connectivity index (χ2v) is 8.07. The summed E-state index contributed by atoms with van der Waals surface area (Å²) in [7, 11) is 1.81. The first-order chi connectivity index (χ1) is 11.6. The van der Waals surface area contributed by atoms with E-state index in [0.29, 0.717) is 13.0 Å². The Labute approximate surface area is 145 Å². The molecular formula is C18H23N3O2S. The van der Waals surface area contributed by atoms with Crippen LogP contribution in [0.15, 0.2) is 23.7 Å². The molecule has 5 nitrogen and oxygen atoms in total. The second kappa shape index (κ2) is 6.10. The van der Waals surface area contributed by atoms with Crippen LogP contribution in [0.2, 0.25) is 0 Å². The molecule has 1 spiro atoms. The Balaban J connectivity index is 1.46. The van der Waals surface area contributed by atoms with Crippen molar-refractivity contribution in [2.75, 3.05) is 26.7 Å². The zero-order valence-corrected chi connectivity index (χ0v) is 14.8. The number of fused-ring (bicyclic) bond motifs is 1. The van der Waals surface area contributed by atoms with Crippen molar-refractivity contribution in [3.8, 4) is 0 Å². The van der Waals surface area contributed by atoms with Crippen molar-refractivity contribution in [1.29, 1.82) is 0 Å². The number of amides is 1. The minimum atomic E-state index is -0.384. The molecule has 1 amide bonds. The van der Waals surface area contributed by atoms with Crippen molar-refractivity contribution in [1.82, 2.24) is 14.8 Å². The lowest BCUT2D eigenvalue weighted by molar-refractivity contribution is -0.154. The summed E-state index contributed by atoms with van der Waals surface area (Å²) in [4.78, 5) is 21.2. The quantitative estimate of drug-likeness (QED) is 0.906. The Kier molecular flexibility index (Phi) is 4.06. The molecule has 2 aromatic rings. The van der Waals surface area contributed by atoms with Gasteiger partial charge >= 0.3 is 0 Å². The summed E-state index contributed by atoms with van der Waals surface area (Å²) in [6.45, 7) is 3.18. The van der Waals surface area contributed by atoms with E-state index < -0.39 is 0 Å². The van der Waals surface area contributed by atoms with E-state index in [1.165, 1.54) is 10.3 Å². The molecule has 2 aliphatic rings. The lowest BCUT2D eigenvalue weighted by atomic mass is 9.71. The minimum absolute atomic E-state index is 0.219. The van der Waals surface area contributed by atoms with Crippen LogP contribution in [0.4, 0.5) is 0 Å². The molecule has 24 heavy (non-hydrogen) atoms. The Morgan fingerprint density at radius 3 is 2.96 bits per heavy atom. The fourth-order valence-electron chi connectivity index (χ4n) is 4.27. The molecule has 1 N–H and O–H groups in total. The number of piperidine rings is 2. The van der Waals surface area contributed by atoms with Gasteiger partial charge in [-0.2, -0.15) is 0 Å². The minimum Gasteiger partial charge on any atom is -0.391 e. The number of rotatable bonds is 2. The van der Waals surface area contributed by atoms with Gasteiger partial charge < -0.3 is 10.0 Å². The van der Waals surface area contributed by atoms with Gasteiger partial charge in [-0.25, -0.2) is 4.98 Å². The van der Waals surface area contributed by atoms with E-state index in [0.717, 1.165) is 38.0 Å². The standard InChI is InChI=1S/C18H23N3O2S/c1-20-11-14(22)9-18(17(20)23)5-7-21(8-6-18)10-13-3-2-4-15-16(13)24-12-19-15/h2-4,12,14,22H,5-11H2,1H3. The van der Waals surface area contributed by atoms with Gasteiger partial charge in [0, 0.05) is 20.1 Å². The van der Waals surface area contributed by atoms with Crippen molar-refractivity contribution in [3.05, 3.63) is 29.3 Å². The lowest BCUT2D eigenvalue weighted by Gasteiger charge is -2.47. The Morgan fingerprint density at radius 2 is 2.17 bits per heavy atom. The number of β-amino-alcohol motifs (C(OH)–C–C–N with tert-alkyl or cyclic N) is 1. The number of hydrogen-bond acceptors (Lipinski definition) is 5. The van der Waals surface area contributed by atoms with Gasteiger partial charge in [-0.3, -0.25) is 9.69 Å².